The number of H-pyrrole nitrogens is 1. The second-order valence-corrected chi connectivity index (χ2v) is 10.6. The minimum Gasteiger partial charge on any atom is -0.387 e. The fourth-order valence-electron chi connectivity index (χ4n) is 2.70. The van der Waals surface area contributed by atoms with Crippen LogP contribution >= 0.6 is 23.5 Å². The molecule has 1 aliphatic rings. The minimum atomic E-state index is -5.73. The Hall–Kier alpha value is -1.56. The van der Waals surface area contributed by atoms with Gasteiger partial charge in [-0.05, 0) is 0 Å². The Morgan fingerprint density at radius 2 is 1.78 bits per heavy atom. The smallest absolute Gasteiger partial charge is 0.387 e. The molecule has 1 saturated heterocycles. The van der Waals surface area contributed by atoms with Crippen molar-refractivity contribution in [3.05, 3.63) is 16.7 Å². The molecule has 1 aliphatic heterocycles. The summed E-state index contributed by atoms with van der Waals surface area (Å²) in [6.07, 6.45) is -5.33. The maximum atomic E-state index is 11.9. The lowest BCUT2D eigenvalue weighted by atomic mass is 10.1. The van der Waals surface area contributed by atoms with Gasteiger partial charge in [0.05, 0.1) is 12.9 Å². The van der Waals surface area contributed by atoms with Crippen LogP contribution in [0.25, 0.3) is 11.2 Å². The highest BCUT2D eigenvalue weighted by molar-refractivity contribution is 7.66. The molecular weight excluding hydrogens is 507 g/mol. The van der Waals surface area contributed by atoms with E-state index in [0.717, 1.165) is 10.9 Å². The van der Waals surface area contributed by atoms with Crippen LogP contribution < -0.4 is 11.3 Å². The van der Waals surface area contributed by atoms with Crippen LogP contribution in [-0.4, -0.2) is 74.2 Å². The molecule has 0 saturated carbocycles. The third-order valence-electron chi connectivity index (χ3n) is 3.88. The fourth-order valence-corrected chi connectivity index (χ4v) is 5.73. The van der Waals surface area contributed by atoms with Gasteiger partial charge in [-0.25, -0.2) is 18.7 Å². The third kappa shape index (κ3) is 5.67. The zero-order valence-corrected chi connectivity index (χ0v) is 18.0. The summed E-state index contributed by atoms with van der Waals surface area (Å²) in [4.78, 5) is 57.3. The Balaban J connectivity index is 1.72. The van der Waals surface area contributed by atoms with Crippen LogP contribution in [0.4, 0.5) is 5.95 Å². The standard InChI is InChI=1S/C10H16N5O14P3/c11-10-13-7-4(8(18)14-10)12-2-15(7)9-6(17)5(16)3(27-9)1-26-31(22,23)29-32(24,25)28-30(19,20)21/h2-3,5-6,9,16-17H,1H2,(H,22,23)(H,24,25)(H2,19,20,21)(H3,11,13,14,18)/t3?,5-,6?,9-/m1/s1. The van der Waals surface area contributed by atoms with Crippen molar-refractivity contribution in [1.82, 2.24) is 19.5 Å². The molecule has 0 spiro atoms. The van der Waals surface area contributed by atoms with Crippen LogP contribution in [0.2, 0.25) is 0 Å². The van der Waals surface area contributed by atoms with Gasteiger partial charge in [0.2, 0.25) is 5.95 Å². The molecule has 9 N–H and O–H groups in total. The SMILES string of the molecule is Nc1nc2c(ncn2[C@@H]2OC(COP(=O)(O)OP(=O)(O)OP(=O)(O)O)[C@@H](O)C2O)c(=O)[nH]1. The van der Waals surface area contributed by atoms with E-state index >= 15 is 0 Å². The maximum Gasteiger partial charge on any atom is 0.490 e. The van der Waals surface area contributed by atoms with Crippen LogP contribution in [0, 0.1) is 0 Å². The molecule has 180 valence electrons. The Morgan fingerprint density at radius 3 is 2.41 bits per heavy atom. The first-order chi connectivity index (χ1) is 14.6. The number of aliphatic hydroxyl groups excluding tert-OH is 2. The number of aliphatic hydroxyl groups is 2. The van der Waals surface area contributed by atoms with Gasteiger partial charge in [0.25, 0.3) is 5.56 Å². The topological polar surface area (TPSA) is 299 Å². The first kappa shape index (κ1) is 25.1. The van der Waals surface area contributed by atoms with Crippen LogP contribution in [0.5, 0.6) is 0 Å². The zero-order valence-electron chi connectivity index (χ0n) is 15.3. The van der Waals surface area contributed by atoms with Crippen molar-refractivity contribution in [2.45, 2.75) is 24.5 Å². The molecule has 6 atom stereocenters. The number of nitrogens with two attached hydrogens (primary N) is 1. The van der Waals surface area contributed by atoms with Gasteiger partial charge in [0.15, 0.2) is 17.4 Å². The number of aromatic amines is 1. The molecule has 0 amide bonds. The highest BCUT2D eigenvalue weighted by Crippen LogP contribution is 2.66. The van der Waals surface area contributed by atoms with Crippen molar-refractivity contribution in [1.29, 1.82) is 0 Å². The molecule has 0 bridgehead atoms. The monoisotopic (exact) mass is 523 g/mol. The maximum absolute atomic E-state index is 11.9. The van der Waals surface area contributed by atoms with Gasteiger partial charge in [-0.1, -0.05) is 0 Å². The summed E-state index contributed by atoms with van der Waals surface area (Å²) in [5.41, 5.74) is 4.50. The minimum absolute atomic E-state index is 0.115. The Labute approximate surface area is 175 Å². The van der Waals surface area contributed by atoms with E-state index in [0.29, 0.717) is 0 Å². The highest BCUT2D eigenvalue weighted by atomic mass is 31.3. The van der Waals surface area contributed by atoms with E-state index < -0.39 is 60.2 Å². The summed E-state index contributed by atoms with van der Waals surface area (Å²) >= 11 is 0. The van der Waals surface area contributed by atoms with E-state index in [-0.39, 0.29) is 17.1 Å². The van der Waals surface area contributed by atoms with Crippen LogP contribution in [-0.2, 0) is 31.6 Å². The molecule has 4 unspecified atom stereocenters. The summed E-state index contributed by atoms with van der Waals surface area (Å²) in [6.45, 7) is -1.01. The van der Waals surface area contributed by atoms with Crippen molar-refractivity contribution >= 4 is 40.6 Å². The van der Waals surface area contributed by atoms with Gasteiger partial charge in [-0.15, -0.1) is 0 Å². The van der Waals surface area contributed by atoms with E-state index in [2.05, 4.69) is 28.1 Å². The number of aromatic nitrogens is 4. The summed E-state index contributed by atoms with van der Waals surface area (Å²) in [5.74, 6) is -0.276. The molecule has 2 aromatic heterocycles. The van der Waals surface area contributed by atoms with Gasteiger partial charge in [0.1, 0.15) is 18.3 Å². The summed E-state index contributed by atoms with van der Waals surface area (Å²) < 4.78 is 51.6. The average molecular weight is 523 g/mol. The van der Waals surface area contributed by atoms with E-state index in [1.165, 1.54) is 0 Å². The molecule has 1 fully saturated rings. The van der Waals surface area contributed by atoms with E-state index in [4.69, 9.17) is 25.2 Å². The van der Waals surface area contributed by atoms with Gasteiger partial charge in [-0.3, -0.25) is 18.9 Å². The first-order valence-corrected chi connectivity index (χ1v) is 12.6. The number of nitrogens with zero attached hydrogens (tertiary/aromatic N) is 3. The van der Waals surface area contributed by atoms with Crippen LogP contribution in [0.15, 0.2) is 11.1 Å². The molecule has 2 aromatic rings. The summed E-state index contributed by atoms with van der Waals surface area (Å²) in [6, 6.07) is 0. The number of hydrogen-bond acceptors (Lipinski definition) is 13. The quantitative estimate of drug-likeness (QED) is 0.168. The van der Waals surface area contributed by atoms with E-state index in [1.807, 2.05) is 0 Å². The number of phosphoric acid groups is 3. The number of imidazole rings is 1. The number of hydrogen-bond donors (Lipinski definition) is 8. The second kappa shape index (κ2) is 8.66. The Bertz CT molecular complexity index is 1210. The highest BCUT2D eigenvalue weighted by Gasteiger charge is 2.47. The lowest BCUT2D eigenvalue weighted by Gasteiger charge is -2.19. The molecule has 22 heteroatoms. The number of rotatable bonds is 8. The Morgan fingerprint density at radius 1 is 1.12 bits per heavy atom. The molecule has 0 aliphatic carbocycles. The molecule has 3 heterocycles. The number of phosphoric ester groups is 1. The predicted octanol–water partition coefficient (Wildman–Crippen LogP) is -2.34. The lowest BCUT2D eigenvalue weighted by molar-refractivity contribution is -0.0503. The number of anilines is 1. The van der Waals surface area contributed by atoms with Crippen LogP contribution in [0.1, 0.15) is 6.23 Å². The van der Waals surface area contributed by atoms with Crippen molar-refractivity contribution in [3.63, 3.8) is 0 Å². The average Bonchev–Trinajstić information content (AvgIpc) is 3.12. The molecule has 32 heavy (non-hydrogen) atoms. The second-order valence-electron chi connectivity index (χ2n) is 6.21. The number of nitrogens with one attached hydrogen (secondary N) is 1. The molecule has 0 aromatic carbocycles. The third-order valence-corrected chi connectivity index (χ3v) is 7.68. The van der Waals surface area contributed by atoms with Crippen molar-refractivity contribution in [2.75, 3.05) is 12.3 Å². The summed E-state index contributed by atoms with van der Waals surface area (Å²) in [5, 5.41) is 20.4. The molecule has 3 rings (SSSR count). The van der Waals surface area contributed by atoms with Gasteiger partial charge in [0, 0.05) is 0 Å². The van der Waals surface area contributed by atoms with Crippen molar-refractivity contribution in [3.8, 4) is 0 Å². The molecular formula is C10H16N5O14P3. The van der Waals surface area contributed by atoms with Gasteiger partial charge >= 0.3 is 23.5 Å². The number of fused-ring (bicyclic) bond motifs is 1. The van der Waals surface area contributed by atoms with Crippen molar-refractivity contribution < 1.29 is 61.4 Å². The first-order valence-electron chi connectivity index (χ1n) is 8.11. The Kier molecular flexibility index (Phi) is 6.78. The molecule has 19 nitrogen and oxygen atoms in total. The molecule has 0 radical (unpaired) electrons. The number of nitrogen functional groups attached to an aromatic ring is 1. The van der Waals surface area contributed by atoms with Gasteiger partial charge < -0.3 is 40.3 Å². The summed E-state index contributed by atoms with van der Waals surface area (Å²) in [7, 11) is -16.8. The zero-order chi connectivity index (χ0) is 24.1. The number of ether oxygens (including phenoxy) is 1. The largest absolute Gasteiger partial charge is 0.490 e. The van der Waals surface area contributed by atoms with E-state index in [9.17, 15) is 33.6 Å². The predicted molar refractivity (Wildman–Crippen MR) is 98.3 cm³/mol. The van der Waals surface area contributed by atoms with Gasteiger partial charge in [-0.2, -0.15) is 13.6 Å². The van der Waals surface area contributed by atoms with Crippen LogP contribution in [0.3, 0.4) is 0 Å². The fraction of sp³-hybridized carbons (Fsp3) is 0.500. The van der Waals surface area contributed by atoms with Crippen molar-refractivity contribution in [2.24, 2.45) is 0 Å². The van der Waals surface area contributed by atoms with E-state index in [1.54, 1.807) is 0 Å². The normalized spacial score (nSPS) is 27.9. The lowest BCUT2D eigenvalue weighted by Crippen LogP contribution is -2.33.